The van der Waals surface area contributed by atoms with E-state index in [1.807, 2.05) is 18.4 Å². The van der Waals surface area contributed by atoms with Crippen LogP contribution in [0.1, 0.15) is 6.92 Å². The third-order valence-electron chi connectivity index (χ3n) is 3.67. The van der Waals surface area contributed by atoms with Gasteiger partial charge in [0, 0.05) is 11.1 Å². The monoisotopic (exact) mass is 371 g/mol. The fraction of sp³-hybridized carbons (Fsp3) is 0.125. The summed E-state index contributed by atoms with van der Waals surface area (Å²) in [7, 11) is 0. The Hall–Kier alpha value is -2.65. The van der Waals surface area contributed by atoms with E-state index in [0.29, 0.717) is 16.7 Å². The van der Waals surface area contributed by atoms with Gasteiger partial charge in [0.1, 0.15) is 16.2 Å². The van der Waals surface area contributed by atoms with Crippen molar-refractivity contribution in [3.8, 4) is 0 Å². The highest BCUT2D eigenvalue weighted by Crippen LogP contribution is 2.30. The van der Waals surface area contributed by atoms with Crippen LogP contribution in [0.5, 0.6) is 0 Å². The Morgan fingerprint density at radius 2 is 2.08 bits per heavy atom. The van der Waals surface area contributed by atoms with Crippen LogP contribution in [0.2, 0.25) is 0 Å². The first-order valence-electron chi connectivity index (χ1n) is 7.48. The molecule has 1 atom stereocenters. The van der Waals surface area contributed by atoms with E-state index in [1.165, 1.54) is 18.1 Å². The van der Waals surface area contributed by atoms with Gasteiger partial charge in [-0.2, -0.15) is 0 Å². The summed E-state index contributed by atoms with van der Waals surface area (Å²) in [6.45, 7) is 1.83. The number of carbonyl (C=O) groups is 1. The second-order valence-corrected chi connectivity index (χ2v) is 7.63. The van der Waals surface area contributed by atoms with Crippen LogP contribution in [0.15, 0.2) is 45.8 Å². The summed E-state index contributed by atoms with van der Waals surface area (Å²) in [5.41, 5.74) is 1.71. The summed E-state index contributed by atoms with van der Waals surface area (Å²) >= 11 is 2.94. The number of nitrogens with zero attached hydrogens (tertiary/aromatic N) is 2. The highest BCUT2D eigenvalue weighted by molar-refractivity contribution is 8.00. The largest absolute Gasteiger partial charge is 0.325 e. The first-order valence-corrected chi connectivity index (χ1v) is 9.24. The minimum absolute atomic E-state index is 0.135. The van der Waals surface area contributed by atoms with Crippen molar-refractivity contribution < 1.29 is 4.79 Å². The van der Waals surface area contributed by atoms with Gasteiger partial charge in [0.05, 0.1) is 16.3 Å². The molecule has 0 unspecified atom stereocenters. The standard InChI is InChI=1S/C16H13N5O2S2/c1-8(25-15-10-4-5-24-14(10)17-7-18-15)13(22)19-9-2-3-11-12(6-9)21-16(23)20-11/h2-8H,1H3,(H,19,22)(H2,20,21,23)/t8-/m0/s1. The number of thioether (sulfide) groups is 1. The molecule has 0 radical (unpaired) electrons. The Morgan fingerprint density at radius 1 is 1.24 bits per heavy atom. The SMILES string of the molecule is C[C@H](Sc1ncnc2sccc12)C(=O)Nc1ccc2[nH]c(=O)[nH]c2c1. The molecule has 4 aromatic rings. The van der Waals surface area contributed by atoms with Crippen LogP contribution in [0.25, 0.3) is 21.3 Å². The minimum atomic E-state index is -0.334. The zero-order chi connectivity index (χ0) is 17.4. The van der Waals surface area contributed by atoms with Gasteiger partial charge in [0.15, 0.2) is 0 Å². The van der Waals surface area contributed by atoms with Gasteiger partial charge in [-0.1, -0.05) is 11.8 Å². The number of imidazole rings is 1. The van der Waals surface area contributed by atoms with Gasteiger partial charge in [-0.15, -0.1) is 11.3 Å². The first kappa shape index (κ1) is 15.9. The molecular weight excluding hydrogens is 358 g/mol. The van der Waals surface area contributed by atoms with Crippen molar-refractivity contribution in [2.45, 2.75) is 17.2 Å². The molecule has 0 bridgehead atoms. The zero-order valence-corrected chi connectivity index (χ0v) is 14.7. The van der Waals surface area contributed by atoms with Crippen LogP contribution in [0.3, 0.4) is 0 Å². The third kappa shape index (κ3) is 3.15. The van der Waals surface area contributed by atoms with E-state index in [-0.39, 0.29) is 16.8 Å². The number of amides is 1. The predicted octanol–water partition coefficient (Wildman–Crippen LogP) is 2.98. The van der Waals surface area contributed by atoms with E-state index in [0.717, 1.165) is 15.2 Å². The van der Waals surface area contributed by atoms with Crippen molar-refractivity contribution in [1.29, 1.82) is 0 Å². The molecular formula is C16H13N5O2S2. The lowest BCUT2D eigenvalue weighted by molar-refractivity contribution is -0.115. The number of carbonyl (C=O) groups excluding carboxylic acids is 1. The van der Waals surface area contributed by atoms with Crippen LogP contribution in [-0.4, -0.2) is 31.1 Å². The molecule has 0 spiro atoms. The fourth-order valence-electron chi connectivity index (χ4n) is 2.44. The molecule has 3 aromatic heterocycles. The molecule has 25 heavy (non-hydrogen) atoms. The second-order valence-electron chi connectivity index (χ2n) is 5.41. The maximum Gasteiger partial charge on any atom is 0.323 e. The number of hydrogen-bond donors (Lipinski definition) is 3. The van der Waals surface area contributed by atoms with E-state index in [2.05, 4.69) is 25.3 Å². The maximum absolute atomic E-state index is 12.5. The van der Waals surface area contributed by atoms with E-state index in [9.17, 15) is 9.59 Å². The molecule has 0 aliphatic rings. The lowest BCUT2D eigenvalue weighted by Gasteiger charge is -2.12. The summed E-state index contributed by atoms with van der Waals surface area (Å²) in [6, 6.07) is 7.19. The molecule has 1 amide bonds. The molecule has 7 nitrogen and oxygen atoms in total. The van der Waals surface area contributed by atoms with Gasteiger partial charge < -0.3 is 15.3 Å². The lowest BCUT2D eigenvalue weighted by atomic mass is 10.2. The normalized spacial score (nSPS) is 12.5. The molecule has 0 fully saturated rings. The number of benzene rings is 1. The number of rotatable bonds is 4. The molecule has 0 aliphatic carbocycles. The van der Waals surface area contributed by atoms with Crippen molar-refractivity contribution in [2.24, 2.45) is 0 Å². The Kier molecular flexibility index (Phi) is 4.02. The van der Waals surface area contributed by atoms with Gasteiger partial charge in [-0.25, -0.2) is 14.8 Å². The smallest absolute Gasteiger partial charge is 0.323 e. The van der Waals surface area contributed by atoms with Gasteiger partial charge in [0.2, 0.25) is 5.91 Å². The number of aromatic nitrogens is 4. The molecule has 126 valence electrons. The van der Waals surface area contributed by atoms with Crippen molar-refractivity contribution in [3.63, 3.8) is 0 Å². The molecule has 0 saturated carbocycles. The number of nitrogens with one attached hydrogen (secondary N) is 3. The van der Waals surface area contributed by atoms with E-state index in [4.69, 9.17) is 0 Å². The van der Waals surface area contributed by atoms with Crippen LogP contribution in [0, 0.1) is 0 Å². The number of thiophene rings is 1. The molecule has 1 aromatic carbocycles. The average Bonchev–Trinajstić information content (AvgIpc) is 3.20. The molecule has 0 saturated heterocycles. The predicted molar refractivity (Wildman–Crippen MR) is 100 cm³/mol. The fourth-order valence-corrected chi connectivity index (χ4v) is 4.13. The quantitative estimate of drug-likeness (QED) is 0.378. The van der Waals surface area contributed by atoms with E-state index in [1.54, 1.807) is 29.5 Å². The Bertz CT molecular complexity index is 1130. The number of aromatic amines is 2. The molecule has 0 aliphatic heterocycles. The molecule has 4 rings (SSSR count). The number of hydrogen-bond acceptors (Lipinski definition) is 6. The zero-order valence-electron chi connectivity index (χ0n) is 13.1. The Labute approximate surface area is 149 Å². The molecule has 3 N–H and O–H groups in total. The number of H-pyrrole nitrogens is 2. The molecule has 9 heteroatoms. The Balaban J connectivity index is 1.51. The van der Waals surface area contributed by atoms with Crippen LogP contribution < -0.4 is 11.0 Å². The summed E-state index contributed by atoms with van der Waals surface area (Å²) < 4.78 is 0. The summed E-state index contributed by atoms with van der Waals surface area (Å²) in [4.78, 5) is 38.5. The van der Waals surface area contributed by atoms with Crippen LogP contribution >= 0.6 is 23.1 Å². The maximum atomic E-state index is 12.5. The summed E-state index contributed by atoms with van der Waals surface area (Å²) in [6.07, 6.45) is 1.52. The van der Waals surface area contributed by atoms with Crippen LogP contribution in [0.4, 0.5) is 5.69 Å². The first-order chi connectivity index (χ1) is 12.1. The third-order valence-corrected chi connectivity index (χ3v) is 5.60. The van der Waals surface area contributed by atoms with Crippen molar-refractivity contribution in [1.82, 2.24) is 19.9 Å². The number of anilines is 1. The number of fused-ring (bicyclic) bond motifs is 2. The van der Waals surface area contributed by atoms with Gasteiger partial charge >= 0.3 is 5.69 Å². The van der Waals surface area contributed by atoms with E-state index < -0.39 is 0 Å². The Morgan fingerprint density at radius 3 is 2.96 bits per heavy atom. The van der Waals surface area contributed by atoms with Crippen molar-refractivity contribution in [3.05, 3.63) is 46.5 Å². The summed E-state index contributed by atoms with van der Waals surface area (Å²) in [5, 5.41) is 6.25. The summed E-state index contributed by atoms with van der Waals surface area (Å²) in [5.74, 6) is -0.135. The average molecular weight is 371 g/mol. The van der Waals surface area contributed by atoms with Gasteiger partial charge in [0.25, 0.3) is 0 Å². The minimum Gasteiger partial charge on any atom is -0.325 e. The highest BCUT2D eigenvalue weighted by Gasteiger charge is 2.17. The molecule has 3 heterocycles. The van der Waals surface area contributed by atoms with Crippen LogP contribution in [-0.2, 0) is 4.79 Å². The topological polar surface area (TPSA) is 104 Å². The van der Waals surface area contributed by atoms with Gasteiger partial charge in [-0.05, 0) is 36.6 Å². The van der Waals surface area contributed by atoms with Crippen molar-refractivity contribution >= 4 is 55.9 Å². The van der Waals surface area contributed by atoms with E-state index >= 15 is 0 Å². The lowest BCUT2D eigenvalue weighted by Crippen LogP contribution is -2.22. The van der Waals surface area contributed by atoms with Gasteiger partial charge in [-0.3, -0.25) is 4.79 Å². The second kappa shape index (κ2) is 6.34. The van der Waals surface area contributed by atoms with Crippen molar-refractivity contribution in [2.75, 3.05) is 5.32 Å². The highest BCUT2D eigenvalue weighted by atomic mass is 32.2.